The lowest BCUT2D eigenvalue weighted by atomic mass is 10.1. The van der Waals surface area contributed by atoms with Gasteiger partial charge in [-0.25, -0.2) is 9.78 Å². The molecule has 0 unspecified atom stereocenters. The van der Waals surface area contributed by atoms with E-state index in [-0.39, 0.29) is 13.4 Å². The summed E-state index contributed by atoms with van der Waals surface area (Å²) in [5.74, 6) is 0.0811. The van der Waals surface area contributed by atoms with Gasteiger partial charge in [0, 0.05) is 17.0 Å². The highest BCUT2D eigenvalue weighted by atomic mass is 32.2. The summed E-state index contributed by atoms with van der Waals surface area (Å²) >= 11 is 1.46. The highest BCUT2D eigenvalue weighted by molar-refractivity contribution is 8.01. The second kappa shape index (κ2) is 12.5. The molecular formula is C30H40N2O4S. The van der Waals surface area contributed by atoms with Crippen LogP contribution >= 0.6 is 11.8 Å². The van der Waals surface area contributed by atoms with Crippen LogP contribution in [0.5, 0.6) is 0 Å². The summed E-state index contributed by atoms with van der Waals surface area (Å²) < 4.78 is 11.9. The van der Waals surface area contributed by atoms with E-state index in [0.717, 1.165) is 29.1 Å². The molecule has 3 aromatic rings. The van der Waals surface area contributed by atoms with Crippen LogP contribution in [0.4, 0.5) is 0 Å². The fourth-order valence-corrected chi connectivity index (χ4v) is 4.85. The van der Waals surface area contributed by atoms with Crippen molar-refractivity contribution >= 4 is 23.7 Å². The van der Waals surface area contributed by atoms with Gasteiger partial charge in [0.2, 0.25) is 0 Å². The molecule has 200 valence electrons. The number of thioether (sulfide) groups is 1. The summed E-state index contributed by atoms with van der Waals surface area (Å²) in [5, 5.41) is 0. The van der Waals surface area contributed by atoms with Gasteiger partial charge < -0.3 is 14.0 Å². The van der Waals surface area contributed by atoms with Gasteiger partial charge in [-0.1, -0.05) is 49.9 Å². The van der Waals surface area contributed by atoms with Crippen LogP contribution in [-0.2, 0) is 27.2 Å². The first-order chi connectivity index (χ1) is 16.9. The summed E-state index contributed by atoms with van der Waals surface area (Å²) in [7, 11) is 1.39. The Morgan fingerprint density at radius 2 is 1.59 bits per heavy atom. The average molecular weight is 525 g/mol. The Morgan fingerprint density at radius 1 is 0.973 bits per heavy atom. The predicted molar refractivity (Wildman–Crippen MR) is 151 cm³/mol. The zero-order chi connectivity index (χ0) is 26.5. The molecule has 2 aromatic carbocycles. The third-order valence-electron chi connectivity index (χ3n) is 5.59. The number of ether oxygens (including phenoxy) is 2. The molecule has 0 spiro atoms. The lowest BCUT2D eigenvalue weighted by molar-refractivity contribution is -0.156. The number of carbonyl (C=O) groups is 2. The van der Waals surface area contributed by atoms with Gasteiger partial charge in [-0.15, -0.1) is 11.8 Å². The van der Waals surface area contributed by atoms with E-state index in [1.165, 1.54) is 24.4 Å². The molecule has 0 bridgehead atoms. The topological polar surface area (TPSA) is 70.4 Å². The molecule has 0 fully saturated rings. The number of benzene rings is 2. The Morgan fingerprint density at radius 3 is 2.16 bits per heavy atom. The molecule has 0 aliphatic heterocycles. The molecule has 0 amide bonds. The van der Waals surface area contributed by atoms with E-state index in [9.17, 15) is 9.59 Å². The van der Waals surface area contributed by atoms with E-state index >= 15 is 0 Å². The van der Waals surface area contributed by atoms with Crippen molar-refractivity contribution in [1.82, 2.24) is 9.55 Å². The van der Waals surface area contributed by atoms with Crippen LogP contribution in [0.3, 0.4) is 0 Å². The summed E-state index contributed by atoms with van der Waals surface area (Å²) in [6.07, 6.45) is 1.75. The van der Waals surface area contributed by atoms with Crippen molar-refractivity contribution in [2.45, 2.75) is 83.6 Å². The fourth-order valence-electron chi connectivity index (χ4n) is 3.86. The smallest absolute Gasteiger partial charge is 0.356 e. The maximum Gasteiger partial charge on any atom is 0.356 e. The maximum absolute atomic E-state index is 12.7. The second-order valence-corrected chi connectivity index (χ2v) is 11.9. The average Bonchev–Trinajstić information content (AvgIpc) is 3.14. The van der Waals surface area contributed by atoms with Crippen molar-refractivity contribution in [3.05, 3.63) is 71.5 Å². The molecule has 0 aliphatic rings. The molecule has 1 aromatic heterocycles. The van der Waals surface area contributed by atoms with E-state index in [1.54, 1.807) is 0 Å². The van der Waals surface area contributed by atoms with Gasteiger partial charge in [0.05, 0.1) is 12.8 Å². The molecule has 6 nitrogen and oxygen atoms in total. The fraction of sp³-hybridized carbons (Fsp3) is 0.433. The van der Waals surface area contributed by atoms with Crippen LogP contribution in [-0.4, -0.2) is 38.9 Å². The van der Waals surface area contributed by atoms with Crippen LogP contribution in [0.15, 0.2) is 59.5 Å². The SMILES string of the molecule is C.COC(=O)c1c(C)nc(-c2ccc(SC(C)(C)C(=O)OC(C)(C)C)cc2)n1CCCc1ccccc1. The molecule has 3 rings (SSSR count). The van der Waals surface area contributed by atoms with Crippen LogP contribution < -0.4 is 0 Å². The lowest BCUT2D eigenvalue weighted by Gasteiger charge is -2.28. The minimum absolute atomic E-state index is 0. The Kier molecular flexibility index (Phi) is 10.2. The van der Waals surface area contributed by atoms with Crippen molar-refractivity contribution in [2.24, 2.45) is 0 Å². The maximum atomic E-state index is 12.7. The number of carbonyl (C=O) groups excluding carboxylic acids is 2. The Bertz CT molecular complexity index is 1190. The van der Waals surface area contributed by atoms with E-state index in [2.05, 4.69) is 12.1 Å². The summed E-state index contributed by atoms with van der Waals surface area (Å²) in [5.41, 5.74) is 2.73. The van der Waals surface area contributed by atoms with Gasteiger partial charge in [-0.2, -0.15) is 0 Å². The quantitative estimate of drug-likeness (QED) is 0.219. The van der Waals surface area contributed by atoms with Gasteiger partial charge in [0.1, 0.15) is 16.2 Å². The molecule has 0 N–H and O–H groups in total. The third kappa shape index (κ3) is 7.96. The molecule has 0 saturated heterocycles. The Hall–Kier alpha value is -3.06. The molecule has 7 heteroatoms. The molecule has 0 aliphatic carbocycles. The van der Waals surface area contributed by atoms with Crippen LogP contribution in [0.2, 0.25) is 0 Å². The van der Waals surface area contributed by atoms with E-state index in [4.69, 9.17) is 14.5 Å². The molecule has 0 radical (unpaired) electrons. The van der Waals surface area contributed by atoms with Gasteiger partial charge in [0.25, 0.3) is 0 Å². The van der Waals surface area contributed by atoms with Crippen molar-refractivity contribution in [1.29, 1.82) is 0 Å². The summed E-state index contributed by atoms with van der Waals surface area (Å²) in [6, 6.07) is 18.2. The third-order valence-corrected chi connectivity index (χ3v) is 6.77. The minimum atomic E-state index is -0.737. The highest BCUT2D eigenvalue weighted by Gasteiger charge is 2.33. The number of aryl methyl sites for hydroxylation is 2. The summed E-state index contributed by atoms with van der Waals surface area (Å²) in [4.78, 5) is 30.9. The number of nitrogens with zero attached hydrogens (tertiary/aromatic N) is 2. The minimum Gasteiger partial charge on any atom is -0.464 e. The van der Waals surface area contributed by atoms with Crippen LogP contribution in [0.25, 0.3) is 11.4 Å². The van der Waals surface area contributed by atoms with Gasteiger partial charge in [-0.05, 0) is 72.1 Å². The van der Waals surface area contributed by atoms with Crippen LogP contribution in [0, 0.1) is 6.92 Å². The molecule has 0 saturated carbocycles. The van der Waals surface area contributed by atoms with Crippen molar-refractivity contribution < 1.29 is 19.1 Å². The first-order valence-electron chi connectivity index (χ1n) is 12.1. The van der Waals surface area contributed by atoms with Crippen molar-refractivity contribution in [3.63, 3.8) is 0 Å². The summed E-state index contributed by atoms with van der Waals surface area (Å²) in [6.45, 7) is 11.8. The number of hydrogen-bond donors (Lipinski definition) is 0. The predicted octanol–water partition coefficient (Wildman–Crippen LogP) is 7.13. The van der Waals surface area contributed by atoms with Gasteiger partial charge >= 0.3 is 11.9 Å². The highest BCUT2D eigenvalue weighted by Crippen LogP contribution is 2.36. The Labute approximate surface area is 225 Å². The van der Waals surface area contributed by atoms with Gasteiger partial charge in [-0.3, -0.25) is 4.79 Å². The second-order valence-electron chi connectivity index (χ2n) is 10.2. The Balaban J connectivity index is 0.00000481. The number of esters is 2. The monoisotopic (exact) mass is 524 g/mol. The molecule has 1 heterocycles. The molecular weight excluding hydrogens is 484 g/mol. The van der Waals surface area contributed by atoms with Crippen LogP contribution in [0.1, 0.15) is 70.2 Å². The zero-order valence-corrected chi connectivity index (χ0v) is 23.1. The van der Waals surface area contributed by atoms with E-state index in [1.807, 2.05) is 88.6 Å². The molecule has 0 atom stereocenters. The first-order valence-corrected chi connectivity index (χ1v) is 12.9. The number of methoxy groups -OCH3 is 1. The first kappa shape index (κ1) is 30.2. The normalized spacial score (nSPS) is 11.5. The van der Waals surface area contributed by atoms with E-state index in [0.29, 0.717) is 17.9 Å². The van der Waals surface area contributed by atoms with Crippen molar-refractivity contribution in [3.8, 4) is 11.4 Å². The number of imidazole rings is 1. The van der Waals surface area contributed by atoms with Crippen molar-refractivity contribution in [2.75, 3.05) is 7.11 Å². The number of aromatic nitrogens is 2. The lowest BCUT2D eigenvalue weighted by Crippen LogP contribution is -2.36. The number of rotatable bonds is 9. The standard InChI is InChI=1S/C29H36N2O4S.CH4/c1-20-24(26(32)34-7)31(19-11-14-21-12-9-8-10-13-21)25(30-20)22-15-17-23(18-16-22)36-29(5,6)27(33)35-28(2,3)4;/h8-10,12-13,15-18H,11,14,19H2,1-7H3;1H4. The zero-order valence-electron chi connectivity index (χ0n) is 22.3. The van der Waals surface area contributed by atoms with E-state index < -0.39 is 16.3 Å². The number of hydrogen-bond acceptors (Lipinski definition) is 6. The largest absolute Gasteiger partial charge is 0.464 e. The molecule has 37 heavy (non-hydrogen) atoms. The van der Waals surface area contributed by atoms with Gasteiger partial charge in [0.15, 0.2) is 5.69 Å².